The zero-order valence-corrected chi connectivity index (χ0v) is 15.2. The third kappa shape index (κ3) is 2.04. The zero-order chi connectivity index (χ0) is 19.0. The number of rotatable bonds is 1. The summed E-state index contributed by atoms with van der Waals surface area (Å²) in [7, 11) is 0. The lowest BCUT2D eigenvalue weighted by Crippen LogP contribution is -2.65. The van der Waals surface area contributed by atoms with Gasteiger partial charge in [-0.25, -0.2) is 0 Å². The average Bonchev–Trinajstić information content (AvgIpc) is 3.33. The largest absolute Gasteiger partial charge is 0.472 e. The van der Waals surface area contributed by atoms with E-state index in [4.69, 9.17) is 13.9 Å². The van der Waals surface area contributed by atoms with Gasteiger partial charge >= 0.3 is 11.9 Å². The van der Waals surface area contributed by atoms with Crippen LogP contribution < -0.4 is 0 Å². The summed E-state index contributed by atoms with van der Waals surface area (Å²) in [5, 5.41) is 21.9. The van der Waals surface area contributed by atoms with Crippen LogP contribution in [-0.4, -0.2) is 41.0 Å². The Morgan fingerprint density at radius 2 is 1.96 bits per heavy atom. The third-order valence-electron chi connectivity index (χ3n) is 7.82. The van der Waals surface area contributed by atoms with E-state index < -0.39 is 41.0 Å². The quantitative estimate of drug-likeness (QED) is 0.717. The van der Waals surface area contributed by atoms with Crippen molar-refractivity contribution in [3.8, 4) is 0 Å². The van der Waals surface area contributed by atoms with Gasteiger partial charge in [-0.05, 0) is 31.2 Å². The Labute approximate surface area is 156 Å². The maximum absolute atomic E-state index is 13.3. The first-order valence-corrected chi connectivity index (χ1v) is 9.66. The van der Waals surface area contributed by atoms with Gasteiger partial charge < -0.3 is 24.1 Å². The molecule has 7 nitrogen and oxygen atoms in total. The topological polar surface area (TPSA) is 106 Å². The Morgan fingerprint density at radius 3 is 2.70 bits per heavy atom. The van der Waals surface area contributed by atoms with Crippen LogP contribution in [0.15, 0.2) is 23.0 Å². The van der Waals surface area contributed by atoms with Crippen LogP contribution in [-0.2, 0) is 19.1 Å². The van der Waals surface area contributed by atoms with Gasteiger partial charge in [0.25, 0.3) is 0 Å². The van der Waals surface area contributed by atoms with Crippen molar-refractivity contribution >= 4 is 11.9 Å². The lowest BCUT2D eigenvalue weighted by Gasteiger charge is -2.59. The van der Waals surface area contributed by atoms with E-state index in [-0.39, 0.29) is 24.4 Å². The van der Waals surface area contributed by atoms with E-state index in [2.05, 4.69) is 0 Å². The fourth-order valence-electron chi connectivity index (χ4n) is 6.56. The summed E-state index contributed by atoms with van der Waals surface area (Å²) in [6, 6.07) is 1.76. The van der Waals surface area contributed by atoms with E-state index in [1.807, 2.05) is 6.92 Å². The van der Waals surface area contributed by atoms with Crippen LogP contribution in [0.3, 0.4) is 0 Å². The third-order valence-corrected chi connectivity index (χ3v) is 7.82. The molecule has 2 saturated heterocycles. The molecule has 5 rings (SSSR count). The Kier molecular flexibility index (Phi) is 3.56. The number of aliphatic hydroxyl groups is 2. The molecule has 8 unspecified atom stereocenters. The molecule has 0 aromatic carbocycles. The van der Waals surface area contributed by atoms with Crippen LogP contribution in [0.4, 0.5) is 0 Å². The highest BCUT2D eigenvalue weighted by atomic mass is 16.6. The predicted octanol–water partition coefficient (Wildman–Crippen LogP) is 1.58. The van der Waals surface area contributed by atoms with Crippen LogP contribution in [0, 0.1) is 28.6 Å². The zero-order valence-electron chi connectivity index (χ0n) is 15.2. The first-order valence-electron chi connectivity index (χ1n) is 9.66. The molecule has 4 aliphatic rings. The van der Waals surface area contributed by atoms with Crippen molar-refractivity contribution < 1.29 is 33.7 Å². The highest BCUT2D eigenvalue weighted by Gasteiger charge is 2.73. The molecule has 8 atom stereocenters. The molecule has 146 valence electrons. The van der Waals surface area contributed by atoms with Gasteiger partial charge in [0.1, 0.15) is 6.10 Å². The second-order valence-electron chi connectivity index (χ2n) is 8.77. The van der Waals surface area contributed by atoms with Crippen molar-refractivity contribution in [2.24, 2.45) is 28.6 Å². The number of hydrogen-bond donors (Lipinski definition) is 2. The molecule has 4 fully saturated rings. The van der Waals surface area contributed by atoms with E-state index in [0.29, 0.717) is 25.7 Å². The van der Waals surface area contributed by atoms with Crippen LogP contribution in [0.1, 0.15) is 44.3 Å². The van der Waals surface area contributed by atoms with Gasteiger partial charge in [-0.15, -0.1) is 0 Å². The number of ether oxygens (including phenoxy) is 2. The first kappa shape index (κ1) is 17.3. The van der Waals surface area contributed by atoms with E-state index in [1.165, 1.54) is 6.26 Å². The Morgan fingerprint density at radius 1 is 1.15 bits per heavy atom. The molecule has 3 heterocycles. The fraction of sp³-hybridized carbons (Fsp3) is 0.700. The fourth-order valence-corrected chi connectivity index (χ4v) is 6.56. The van der Waals surface area contributed by atoms with Crippen molar-refractivity contribution in [1.82, 2.24) is 0 Å². The number of furan rings is 1. The number of hydrogen-bond acceptors (Lipinski definition) is 7. The lowest BCUT2D eigenvalue weighted by molar-refractivity contribution is -0.206. The second-order valence-corrected chi connectivity index (χ2v) is 8.77. The Bertz CT molecular complexity index is 773. The van der Waals surface area contributed by atoms with Crippen molar-refractivity contribution in [3.63, 3.8) is 0 Å². The maximum Gasteiger partial charge on any atom is 0.313 e. The number of aliphatic hydroxyl groups excluding tert-OH is 2. The SMILES string of the molecule is CC1C(O)CC23COC(=O)C2CCC(O)C3C12CC(c1ccoc1)OC2=O. The molecule has 2 aliphatic carbocycles. The van der Waals surface area contributed by atoms with Gasteiger partial charge in [-0.2, -0.15) is 0 Å². The van der Waals surface area contributed by atoms with Gasteiger partial charge in [0.2, 0.25) is 0 Å². The summed E-state index contributed by atoms with van der Waals surface area (Å²) in [5.74, 6) is -1.92. The molecular formula is C20H24O7. The van der Waals surface area contributed by atoms with E-state index in [9.17, 15) is 19.8 Å². The number of esters is 2. The highest BCUT2D eigenvalue weighted by molar-refractivity contribution is 5.82. The first-order chi connectivity index (χ1) is 12.9. The molecule has 0 amide bonds. The lowest BCUT2D eigenvalue weighted by atomic mass is 9.43. The number of carbonyl (C=O) groups excluding carboxylic acids is 2. The summed E-state index contributed by atoms with van der Waals surface area (Å²) in [4.78, 5) is 25.7. The van der Waals surface area contributed by atoms with Gasteiger partial charge in [0.15, 0.2) is 0 Å². The van der Waals surface area contributed by atoms with E-state index >= 15 is 0 Å². The predicted molar refractivity (Wildman–Crippen MR) is 90.0 cm³/mol. The Hall–Kier alpha value is -1.86. The summed E-state index contributed by atoms with van der Waals surface area (Å²) in [5.41, 5.74) is -1.00. The van der Waals surface area contributed by atoms with Crippen molar-refractivity contribution in [2.45, 2.75) is 50.9 Å². The molecule has 7 heteroatoms. The number of carbonyl (C=O) groups is 2. The summed E-state index contributed by atoms with van der Waals surface area (Å²) in [6.07, 6.45) is 2.79. The normalized spacial score (nSPS) is 48.9. The van der Waals surface area contributed by atoms with E-state index in [0.717, 1.165) is 5.56 Å². The van der Waals surface area contributed by atoms with Gasteiger partial charge in [-0.3, -0.25) is 9.59 Å². The van der Waals surface area contributed by atoms with Gasteiger partial charge in [0.05, 0.1) is 42.7 Å². The minimum Gasteiger partial charge on any atom is -0.472 e. The van der Waals surface area contributed by atoms with Gasteiger partial charge in [0, 0.05) is 23.3 Å². The summed E-state index contributed by atoms with van der Waals surface area (Å²) in [6.45, 7) is 2.00. The molecule has 2 spiro atoms. The van der Waals surface area contributed by atoms with Crippen molar-refractivity contribution in [3.05, 3.63) is 24.2 Å². The highest BCUT2D eigenvalue weighted by Crippen LogP contribution is 2.68. The average molecular weight is 376 g/mol. The van der Waals surface area contributed by atoms with Crippen LogP contribution in [0.5, 0.6) is 0 Å². The Balaban J connectivity index is 1.64. The number of cyclic esters (lactones) is 2. The van der Waals surface area contributed by atoms with Crippen LogP contribution in [0.2, 0.25) is 0 Å². The molecule has 2 saturated carbocycles. The molecule has 1 aromatic rings. The molecule has 0 bridgehead atoms. The smallest absolute Gasteiger partial charge is 0.313 e. The van der Waals surface area contributed by atoms with Crippen molar-refractivity contribution in [2.75, 3.05) is 6.61 Å². The molecule has 2 N–H and O–H groups in total. The van der Waals surface area contributed by atoms with E-state index in [1.54, 1.807) is 12.3 Å². The van der Waals surface area contributed by atoms with Gasteiger partial charge in [-0.1, -0.05) is 6.92 Å². The minimum atomic E-state index is -1.05. The summed E-state index contributed by atoms with van der Waals surface area (Å²) >= 11 is 0. The minimum absolute atomic E-state index is 0.146. The monoisotopic (exact) mass is 376 g/mol. The molecule has 0 radical (unpaired) electrons. The molecule has 1 aromatic heterocycles. The maximum atomic E-state index is 13.3. The standard InChI is InChI=1S/C20H24O7/c1-10-14(22)6-19-9-26-17(23)12(19)2-3-13(21)16(19)20(10)7-15(27-18(20)24)11-4-5-25-8-11/h4-5,8,10,12-16,21-22H,2-3,6-7,9H2,1H3. The second kappa shape index (κ2) is 5.58. The van der Waals surface area contributed by atoms with Crippen molar-refractivity contribution in [1.29, 1.82) is 0 Å². The summed E-state index contributed by atoms with van der Waals surface area (Å²) < 4.78 is 16.3. The number of fused-ring (bicyclic) bond motifs is 1. The van der Waals surface area contributed by atoms with Crippen LogP contribution in [0.25, 0.3) is 0 Å². The van der Waals surface area contributed by atoms with Crippen LogP contribution >= 0.6 is 0 Å². The molecule has 2 aliphatic heterocycles. The molecular weight excluding hydrogens is 352 g/mol. The molecule has 27 heavy (non-hydrogen) atoms.